The quantitative estimate of drug-likeness (QED) is 0.259. The molecule has 0 saturated heterocycles. The lowest BCUT2D eigenvalue weighted by atomic mass is 9.98. The molecule has 7 heteroatoms. The maximum Gasteiger partial charge on any atom is 0.256 e. The van der Waals surface area contributed by atoms with Gasteiger partial charge in [0, 0.05) is 28.7 Å². The molecule has 0 aliphatic carbocycles. The van der Waals surface area contributed by atoms with Gasteiger partial charge < -0.3 is 9.97 Å². The average Bonchev–Trinajstić information content (AvgIpc) is 3.25. The molecule has 0 saturated carbocycles. The number of hydrogen-bond acceptors (Lipinski definition) is 3. The van der Waals surface area contributed by atoms with Crippen molar-refractivity contribution in [3.05, 3.63) is 88.5 Å². The Morgan fingerprint density at radius 2 is 1.97 bits per heavy atom. The first-order valence-corrected chi connectivity index (χ1v) is 10.5. The van der Waals surface area contributed by atoms with Crippen LogP contribution in [0.4, 0.5) is 8.78 Å². The summed E-state index contributed by atoms with van der Waals surface area (Å²) in [6, 6.07) is 11.4. The number of aromatic amines is 2. The van der Waals surface area contributed by atoms with Crippen LogP contribution < -0.4 is 5.56 Å². The van der Waals surface area contributed by atoms with Gasteiger partial charge in [-0.25, -0.2) is 13.8 Å². The highest BCUT2D eigenvalue weighted by Crippen LogP contribution is 2.35. The molecular formula is C26H20F2N4O. The molecule has 0 radical (unpaired) electrons. The number of fused-ring (bicyclic) bond motifs is 6. The number of imidazole rings is 1. The highest BCUT2D eigenvalue weighted by atomic mass is 19.1. The molecule has 5 nitrogen and oxygen atoms in total. The van der Waals surface area contributed by atoms with E-state index in [0.29, 0.717) is 27.2 Å². The van der Waals surface area contributed by atoms with Crippen LogP contribution in [0, 0.1) is 6.92 Å². The Morgan fingerprint density at radius 3 is 2.70 bits per heavy atom. The number of pyridine rings is 2. The highest BCUT2D eigenvalue weighted by Gasteiger charge is 2.19. The maximum absolute atomic E-state index is 14.5. The summed E-state index contributed by atoms with van der Waals surface area (Å²) >= 11 is 0. The van der Waals surface area contributed by atoms with Gasteiger partial charge in [0.25, 0.3) is 5.56 Å². The minimum atomic E-state index is -1.02. The zero-order valence-corrected chi connectivity index (χ0v) is 18.0. The van der Waals surface area contributed by atoms with Gasteiger partial charge in [-0.2, -0.15) is 0 Å². The average molecular weight is 442 g/mol. The van der Waals surface area contributed by atoms with Crippen molar-refractivity contribution >= 4 is 38.2 Å². The normalized spacial score (nSPS) is 12.8. The van der Waals surface area contributed by atoms with Crippen LogP contribution in [0.2, 0.25) is 0 Å². The second-order valence-corrected chi connectivity index (χ2v) is 7.85. The molecule has 0 unspecified atom stereocenters. The van der Waals surface area contributed by atoms with Crippen molar-refractivity contribution < 1.29 is 8.78 Å². The van der Waals surface area contributed by atoms with Gasteiger partial charge in [0.15, 0.2) is 0 Å². The number of allylic oxidation sites excluding steroid dienone is 4. The Kier molecular flexibility index (Phi) is 5.09. The van der Waals surface area contributed by atoms with Gasteiger partial charge in [0.05, 0.1) is 27.7 Å². The first-order valence-electron chi connectivity index (χ1n) is 10.5. The van der Waals surface area contributed by atoms with Crippen LogP contribution in [0.15, 0.2) is 71.6 Å². The van der Waals surface area contributed by atoms with E-state index in [9.17, 15) is 13.6 Å². The monoisotopic (exact) mass is 442 g/mol. The van der Waals surface area contributed by atoms with Gasteiger partial charge in [-0.1, -0.05) is 24.3 Å². The van der Waals surface area contributed by atoms with E-state index >= 15 is 0 Å². The predicted molar refractivity (Wildman–Crippen MR) is 129 cm³/mol. The molecule has 2 N–H and O–H groups in total. The predicted octanol–water partition coefficient (Wildman–Crippen LogP) is 6.15. The Labute approximate surface area is 187 Å². The van der Waals surface area contributed by atoms with E-state index in [1.165, 1.54) is 12.2 Å². The lowest BCUT2D eigenvalue weighted by Gasteiger charge is -2.08. The minimum Gasteiger partial charge on any atom is -0.338 e. The Balaban J connectivity index is 1.88. The van der Waals surface area contributed by atoms with Crippen LogP contribution in [0.3, 0.4) is 0 Å². The first-order chi connectivity index (χ1) is 16.0. The molecule has 0 atom stereocenters. The standard InChI is InChI=1S/C26H20F2N4O/c1-3-4-20(28)19(12-27)25-31-23-16-7-6-15(21-8-5-14(2)13-30-21)11-18(16)22-17(24(23)32-25)9-10-29-26(22)33/h3-11,13H,12H2,1-2H3,(H,29,33)(H,31,32)/b4-3-,20-19-. The molecular weight excluding hydrogens is 422 g/mol. The summed E-state index contributed by atoms with van der Waals surface area (Å²) in [7, 11) is 0. The van der Waals surface area contributed by atoms with Crippen LogP contribution in [-0.2, 0) is 0 Å². The van der Waals surface area contributed by atoms with Crippen molar-refractivity contribution in [2.24, 2.45) is 0 Å². The smallest absolute Gasteiger partial charge is 0.256 e. The van der Waals surface area contributed by atoms with E-state index in [1.807, 2.05) is 37.3 Å². The number of hydrogen-bond donors (Lipinski definition) is 2. The number of nitrogens with one attached hydrogen (secondary N) is 2. The molecule has 5 rings (SSSR count). The Hall–Kier alpha value is -4.13. The Bertz CT molecular complexity index is 1640. The third-order valence-corrected chi connectivity index (χ3v) is 5.71. The zero-order chi connectivity index (χ0) is 23.1. The molecule has 0 amide bonds. The van der Waals surface area contributed by atoms with E-state index in [2.05, 4.69) is 19.9 Å². The molecule has 3 heterocycles. The van der Waals surface area contributed by atoms with Crippen molar-refractivity contribution in [3.63, 3.8) is 0 Å². The lowest BCUT2D eigenvalue weighted by Crippen LogP contribution is -2.05. The summed E-state index contributed by atoms with van der Waals surface area (Å²) in [5, 5.41) is 2.50. The molecule has 5 aromatic rings. The minimum absolute atomic E-state index is 0.0986. The molecule has 2 aromatic carbocycles. The third kappa shape index (κ3) is 3.42. The lowest BCUT2D eigenvalue weighted by molar-refractivity contribution is 0.557. The molecule has 0 fully saturated rings. The van der Waals surface area contributed by atoms with Crippen LogP contribution >= 0.6 is 0 Å². The fourth-order valence-electron chi connectivity index (χ4n) is 4.10. The highest BCUT2D eigenvalue weighted by molar-refractivity contribution is 6.23. The molecule has 0 bridgehead atoms. The summed E-state index contributed by atoms with van der Waals surface area (Å²) < 4.78 is 28.2. The zero-order valence-electron chi connectivity index (χ0n) is 18.0. The van der Waals surface area contributed by atoms with Crippen molar-refractivity contribution in [2.45, 2.75) is 13.8 Å². The number of H-pyrrole nitrogens is 2. The number of halogens is 2. The van der Waals surface area contributed by atoms with Crippen molar-refractivity contribution in [2.75, 3.05) is 6.67 Å². The molecule has 0 spiro atoms. The Morgan fingerprint density at radius 1 is 1.12 bits per heavy atom. The summed E-state index contributed by atoms with van der Waals surface area (Å²) in [5.74, 6) is -0.597. The summed E-state index contributed by atoms with van der Waals surface area (Å²) in [6.45, 7) is 2.60. The van der Waals surface area contributed by atoms with Gasteiger partial charge >= 0.3 is 0 Å². The van der Waals surface area contributed by atoms with Crippen LogP contribution in [0.5, 0.6) is 0 Å². The molecule has 33 heavy (non-hydrogen) atoms. The van der Waals surface area contributed by atoms with Gasteiger partial charge in [0.2, 0.25) is 0 Å². The van der Waals surface area contributed by atoms with E-state index in [1.54, 1.807) is 25.4 Å². The maximum atomic E-state index is 14.5. The summed E-state index contributed by atoms with van der Waals surface area (Å²) in [5.41, 5.74) is 3.35. The largest absolute Gasteiger partial charge is 0.338 e. The molecule has 0 aliphatic heterocycles. The summed E-state index contributed by atoms with van der Waals surface area (Å²) in [4.78, 5) is 27.7. The first kappa shape index (κ1) is 20.8. The van der Waals surface area contributed by atoms with Gasteiger partial charge in [-0.05, 0) is 49.1 Å². The van der Waals surface area contributed by atoms with Gasteiger partial charge in [-0.15, -0.1) is 0 Å². The van der Waals surface area contributed by atoms with Crippen molar-refractivity contribution in [3.8, 4) is 11.3 Å². The fourth-order valence-corrected chi connectivity index (χ4v) is 4.10. The second-order valence-electron chi connectivity index (χ2n) is 7.85. The van der Waals surface area contributed by atoms with Crippen molar-refractivity contribution in [1.29, 1.82) is 0 Å². The van der Waals surface area contributed by atoms with Gasteiger partial charge in [-0.3, -0.25) is 9.78 Å². The van der Waals surface area contributed by atoms with Crippen LogP contribution in [0.1, 0.15) is 18.3 Å². The number of benzene rings is 2. The van der Waals surface area contributed by atoms with Crippen LogP contribution in [0.25, 0.3) is 49.4 Å². The van der Waals surface area contributed by atoms with E-state index in [-0.39, 0.29) is 17.0 Å². The number of rotatable bonds is 4. The second kappa shape index (κ2) is 8.09. The van der Waals surface area contributed by atoms with Crippen LogP contribution in [-0.4, -0.2) is 26.6 Å². The summed E-state index contributed by atoms with van der Waals surface area (Å²) in [6.07, 6.45) is 6.03. The number of alkyl halides is 1. The van der Waals surface area contributed by atoms with E-state index < -0.39 is 12.5 Å². The SMILES string of the molecule is C/C=C\C(F)=C(/CF)c1nc2c3cc[nH]c(=O)c3c3cc(-c4ccc(C)cn4)ccc3c2[nH]1. The molecule has 3 aromatic heterocycles. The number of aryl methyl sites for hydroxylation is 1. The van der Waals surface area contributed by atoms with E-state index in [0.717, 1.165) is 22.2 Å². The number of nitrogens with zero attached hydrogens (tertiary/aromatic N) is 2. The van der Waals surface area contributed by atoms with Crippen molar-refractivity contribution in [1.82, 2.24) is 19.9 Å². The molecule has 164 valence electrons. The number of aromatic nitrogens is 4. The molecule has 0 aliphatic rings. The van der Waals surface area contributed by atoms with E-state index in [4.69, 9.17) is 0 Å². The fraction of sp³-hybridized carbons (Fsp3) is 0.115. The topological polar surface area (TPSA) is 74.4 Å². The third-order valence-electron chi connectivity index (χ3n) is 5.71. The van der Waals surface area contributed by atoms with Gasteiger partial charge in [0.1, 0.15) is 18.3 Å².